The molecule has 4 N–H and O–H groups in total. The predicted molar refractivity (Wildman–Crippen MR) is 90.4 cm³/mol. The van der Waals surface area contributed by atoms with Crippen LogP contribution in [0.25, 0.3) is 0 Å². The number of aliphatic carboxylic acids is 2. The van der Waals surface area contributed by atoms with Gasteiger partial charge in [-0.2, -0.15) is 68.8 Å². The van der Waals surface area contributed by atoms with Crippen molar-refractivity contribution >= 4 is 23.7 Å². The molecule has 0 saturated heterocycles. The molecule has 0 aliphatic carbocycles. The van der Waals surface area contributed by atoms with Gasteiger partial charge in [0, 0.05) is 18.7 Å². The van der Waals surface area contributed by atoms with Gasteiger partial charge in [-0.1, -0.05) is 0 Å². The van der Waals surface area contributed by atoms with Crippen LogP contribution in [0, 0.1) is 0 Å². The number of hydrogen-bond acceptors (Lipinski definition) is 5. The molecule has 0 heterocycles. The summed E-state index contributed by atoms with van der Waals surface area (Å²) in [6.45, 7) is -0.694. The SMILES string of the molecule is O=C(O)CC(NCC(O)CSCCC(F)(F)C(F)(F)C(F)(F)C(F)(F)C(F)(F)C(F)(F)F)C(=O)O. The van der Waals surface area contributed by atoms with Gasteiger partial charge in [-0.25, -0.2) is 0 Å². The Morgan fingerprint density at radius 3 is 1.63 bits per heavy atom. The Kier molecular flexibility index (Phi) is 10.6. The molecule has 0 amide bonds. The topological polar surface area (TPSA) is 107 Å². The first-order valence-corrected chi connectivity index (χ1v) is 9.92. The highest BCUT2D eigenvalue weighted by Crippen LogP contribution is 2.60. The lowest BCUT2D eigenvalue weighted by molar-refractivity contribution is -0.439. The number of thioether (sulfide) groups is 1. The van der Waals surface area contributed by atoms with E-state index in [0.29, 0.717) is 0 Å². The van der Waals surface area contributed by atoms with E-state index in [1.54, 1.807) is 0 Å². The number of hydrogen-bond donors (Lipinski definition) is 4. The van der Waals surface area contributed by atoms with Crippen molar-refractivity contribution in [3.8, 4) is 0 Å². The van der Waals surface area contributed by atoms with Gasteiger partial charge in [-0.3, -0.25) is 9.59 Å². The van der Waals surface area contributed by atoms with Crippen LogP contribution in [0.2, 0.25) is 0 Å². The molecular formula is C15H16F13NO5S. The quantitative estimate of drug-likeness (QED) is 0.176. The molecule has 2 unspecified atom stereocenters. The molecule has 20 heteroatoms. The lowest BCUT2D eigenvalue weighted by Gasteiger charge is -2.39. The summed E-state index contributed by atoms with van der Waals surface area (Å²) in [5, 5.41) is 28.8. The van der Waals surface area contributed by atoms with Crippen molar-refractivity contribution in [3.05, 3.63) is 0 Å². The van der Waals surface area contributed by atoms with Crippen molar-refractivity contribution in [1.29, 1.82) is 0 Å². The summed E-state index contributed by atoms with van der Waals surface area (Å²) >= 11 is 0.0786. The molecule has 0 aromatic heterocycles. The van der Waals surface area contributed by atoms with Crippen LogP contribution < -0.4 is 5.32 Å². The Hall–Kier alpha value is -1.70. The molecule has 0 aliphatic heterocycles. The van der Waals surface area contributed by atoms with Crippen LogP contribution in [-0.2, 0) is 9.59 Å². The Morgan fingerprint density at radius 1 is 0.771 bits per heavy atom. The van der Waals surface area contributed by atoms with Gasteiger partial charge >= 0.3 is 47.7 Å². The largest absolute Gasteiger partial charge is 0.481 e. The van der Waals surface area contributed by atoms with E-state index in [1.807, 2.05) is 5.32 Å². The summed E-state index contributed by atoms with van der Waals surface area (Å²) in [5.41, 5.74) is 0. The maximum absolute atomic E-state index is 13.6. The van der Waals surface area contributed by atoms with E-state index < -0.39 is 90.8 Å². The van der Waals surface area contributed by atoms with Crippen molar-refractivity contribution < 1.29 is 82.0 Å². The minimum atomic E-state index is -7.98. The van der Waals surface area contributed by atoms with Crippen molar-refractivity contribution in [3.63, 3.8) is 0 Å². The van der Waals surface area contributed by atoms with Crippen LogP contribution in [0.5, 0.6) is 0 Å². The molecule has 0 aromatic carbocycles. The third-order valence-corrected chi connectivity index (χ3v) is 5.26. The lowest BCUT2D eigenvalue weighted by atomic mass is 9.93. The molecule has 0 aliphatic rings. The van der Waals surface area contributed by atoms with Crippen molar-refractivity contribution in [2.45, 2.75) is 60.8 Å². The number of alkyl halides is 13. The van der Waals surface area contributed by atoms with Crippen LogP contribution in [0.1, 0.15) is 12.8 Å². The molecule has 0 saturated carbocycles. The number of aliphatic hydroxyl groups is 1. The van der Waals surface area contributed by atoms with E-state index in [9.17, 15) is 71.8 Å². The van der Waals surface area contributed by atoms with Gasteiger partial charge in [-0.15, -0.1) is 0 Å². The van der Waals surface area contributed by atoms with Crippen molar-refractivity contribution in [2.75, 3.05) is 18.1 Å². The molecule has 0 spiro atoms. The van der Waals surface area contributed by atoms with Crippen LogP contribution in [0.15, 0.2) is 0 Å². The number of nitrogens with one attached hydrogen (secondary N) is 1. The average Bonchev–Trinajstić information content (AvgIpc) is 2.66. The third-order valence-electron chi connectivity index (χ3n) is 4.15. The number of halogens is 13. The van der Waals surface area contributed by atoms with Gasteiger partial charge in [-0.05, 0) is 5.75 Å². The fourth-order valence-corrected chi connectivity index (χ4v) is 3.09. The zero-order chi connectivity index (χ0) is 28.3. The highest BCUT2D eigenvalue weighted by Gasteiger charge is 2.90. The minimum absolute atomic E-state index is 0.0786. The first-order chi connectivity index (χ1) is 15.4. The van der Waals surface area contributed by atoms with Crippen LogP contribution in [0.4, 0.5) is 57.1 Å². The summed E-state index contributed by atoms with van der Waals surface area (Å²) < 4.78 is 169. The maximum Gasteiger partial charge on any atom is 0.460 e. The Morgan fingerprint density at radius 2 is 1.23 bits per heavy atom. The van der Waals surface area contributed by atoms with Crippen molar-refractivity contribution in [1.82, 2.24) is 5.32 Å². The number of carboxylic acids is 2. The second-order valence-electron chi connectivity index (χ2n) is 6.88. The Balaban J connectivity index is 5.19. The molecule has 2 atom stereocenters. The number of carbonyl (C=O) groups is 2. The number of rotatable bonds is 15. The summed E-state index contributed by atoms with van der Waals surface area (Å²) in [6.07, 6.45) is -12.6. The van der Waals surface area contributed by atoms with Gasteiger partial charge < -0.3 is 20.6 Å². The smallest absolute Gasteiger partial charge is 0.460 e. The summed E-state index contributed by atoms with van der Waals surface area (Å²) in [6, 6.07) is -1.71. The lowest BCUT2D eigenvalue weighted by Crippen LogP contribution is -2.70. The molecular weight excluding hydrogens is 553 g/mol. The molecule has 0 radical (unpaired) electrons. The number of aliphatic hydroxyl groups excluding tert-OH is 1. The van der Waals surface area contributed by atoms with E-state index >= 15 is 0 Å². The van der Waals surface area contributed by atoms with Gasteiger partial charge in [0.25, 0.3) is 0 Å². The molecule has 208 valence electrons. The molecule has 0 aromatic rings. The van der Waals surface area contributed by atoms with Gasteiger partial charge in [0.15, 0.2) is 0 Å². The average molecular weight is 569 g/mol. The van der Waals surface area contributed by atoms with Crippen molar-refractivity contribution in [2.24, 2.45) is 0 Å². The third kappa shape index (κ3) is 7.17. The van der Waals surface area contributed by atoms with E-state index in [2.05, 4.69) is 0 Å². The fraction of sp³-hybridized carbons (Fsp3) is 0.867. The second kappa shape index (κ2) is 11.1. The highest BCUT2D eigenvalue weighted by atomic mass is 32.2. The monoisotopic (exact) mass is 569 g/mol. The summed E-state index contributed by atoms with van der Waals surface area (Å²) in [4.78, 5) is 21.3. The maximum atomic E-state index is 13.6. The summed E-state index contributed by atoms with van der Waals surface area (Å²) in [5.74, 6) is -42.5. The zero-order valence-corrected chi connectivity index (χ0v) is 17.5. The zero-order valence-electron chi connectivity index (χ0n) is 16.7. The first-order valence-electron chi connectivity index (χ1n) is 8.76. The summed E-state index contributed by atoms with van der Waals surface area (Å²) in [7, 11) is 0. The Labute approximate surface area is 190 Å². The second-order valence-corrected chi connectivity index (χ2v) is 8.03. The fourth-order valence-electron chi connectivity index (χ4n) is 2.14. The van der Waals surface area contributed by atoms with E-state index in [0.717, 1.165) is 0 Å². The molecule has 0 bridgehead atoms. The van der Waals surface area contributed by atoms with Crippen LogP contribution in [-0.4, -0.2) is 93.2 Å². The van der Waals surface area contributed by atoms with Gasteiger partial charge in [0.1, 0.15) is 6.04 Å². The molecule has 35 heavy (non-hydrogen) atoms. The Bertz CT molecular complexity index is 747. The van der Waals surface area contributed by atoms with E-state index in [1.165, 1.54) is 0 Å². The van der Waals surface area contributed by atoms with Crippen LogP contribution >= 0.6 is 11.8 Å². The molecule has 0 fully saturated rings. The highest BCUT2D eigenvalue weighted by molar-refractivity contribution is 7.99. The predicted octanol–water partition coefficient (Wildman–Crippen LogP) is 3.73. The number of carboxylic acid groups (broad SMARTS) is 2. The molecule has 6 nitrogen and oxygen atoms in total. The van der Waals surface area contributed by atoms with E-state index in [-0.39, 0.29) is 11.8 Å². The van der Waals surface area contributed by atoms with Crippen LogP contribution in [0.3, 0.4) is 0 Å². The van der Waals surface area contributed by atoms with Gasteiger partial charge in [0.2, 0.25) is 0 Å². The first kappa shape index (κ1) is 33.3. The van der Waals surface area contributed by atoms with Gasteiger partial charge in [0.05, 0.1) is 12.5 Å². The normalized spacial score (nSPS) is 16.2. The molecule has 0 rings (SSSR count). The standard InChI is InChI=1S/C15H16F13NO5S/c16-10(17,1-2-35-5-6(30)4-29-7(9(33)34)3-8(31)32)11(18,19)12(20,21)13(22,23)14(24,25)15(26,27)28/h6-7,29-30H,1-5H2,(H,31,32)(H,33,34). The minimum Gasteiger partial charge on any atom is -0.481 e. The van der Waals surface area contributed by atoms with E-state index in [4.69, 9.17) is 10.2 Å².